The Hall–Kier alpha value is -2.74. The second-order valence-corrected chi connectivity index (χ2v) is 7.99. The molecule has 28 heavy (non-hydrogen) atoms. The van der Waals surface area contributed by atoms with Gasteiger partial charge in [0.15, 0.2) is 11.0 Å². The van der Waals surface area contributed by atoms with Crippen LogP contribution in [0.5, 0.6) is 0 Å². The Morgan fingerprint density at radius 1 is 1.11 bits per heavy atom. The number of nitrogens with one attached hydrogen (secondary N) is 3. The van der Waals surface area contributed by atoms with Crippen molar-refractivity contribution in [3.8, 4) is 0 Å². The van der Waals surface area contributed by atoms with Crippen molar-refractivity contribution < 1.29 is 0 Å². The van der Waals surface area contributed by atoms with E-state index < -0.39 is 0 Å². The largest absolute Gasteiger partial charge is 0.388 e. The van der Waals surface area contributed by atoms with Gasteiger partial charge >= 0.3 is 0 Å². The molecule has 8 heteroatoms. The predicted octanol–water partition coefficient (Wildman–Crippen LogP) is 4.60. The molecule has 0 fully saturated rings. The number of benzene rings is 1. The minimum absolute atomic E-state index is 0.321. The molecule has 0 aliphatic rings. The monoisotopic (exact) mass is 397 g/mol. The van der Waals surface area contributed by atoms with Crippen LogP contribution in [0.4, 0.5) is 23.1 Å². The fraction of sp³-hybridized carbons (Fsp3) is 0.350. The molecule has 3 N–H and O–H groups in total. The molecular formula is C20H27N7S. The summed E-state index contributed by atoms with van der Waals surface area (Å²) in [6, 6.07) is 10.5. The van der Waals surface area contributed by atoms with Crippen molar-refractivity contribution in [3.05, 3.63) is 41.6 Å². The molecule has 0 atom stereocenters. The summed E-state index contributed by atoms with van der Waals surface area (Å²) in [5, 5.41) is 14.4. The van der Waals surface area contributed by atoms with Crippen molar-refractivity contribution in [1.82, 2.24) is 20.2 Å². The maximum absolute atomic E-state index is 4.83. The van der Waals surface area contributed by atoms with Crippen molar-refractivity contribution in [2.45, 2.75) is 43.8 Å². The van der Waals surface area contributed by atoms with Crippen LogP contribution in [0, 0.1) is 13.8 Å². The van der Waals surface area contributed by atoms with Crippen molar-refractivity contribution in [3.63, 3.8) is 0 Å². The molecule has 3 rings (SSSR count). The lowest BCUT2D eigenvalue weighted by molar-refractivity contribution is 0.729. The van der Waals surface area contributed by atoms with Gasteiger partial charge in [-0.05, 0) is 63.7 Å². The summed E-state index contributed by atoms with van der Waals surface area (Å²) in [5.74, 6) is 2.42. The summed E-state index contributed by atoms with van der Waals surface area (Å²) < 4.78 is 0. The van der Waals surface area contributed by atoms with Gasteiger partial charge in [-0.25, -0.2) is 9.97 Å². The smallest absolute Gasteiger partial charge is 0.196 e. The lowest BCUT2D eigenvalue weighted by Crippen LogP contribution is -2.28. The van der Waals surface area contributed by atoms with E-state index >= 15 is 0 Å². The first-order valence-electron chi connectivity index (χ1n) is 9.23. The zero-order valence-corrected chi connectivity index (χ0v) is 18.0. The number of hydrogen-bond donors (Lipinski definition) is 3. The number of aromatic amines is 1. The van der Waals surface area contributed by atoms with Crippen LogP contribution < -0.4 is 15.5 Å². The highest BCUT2D eigenvalue weighted by atomic mass is 32.2. The molecule has 0 radical (unpaired) electrons. The Morgan fingerprint density at radius 2 is 1.82 bits per heavy atom. The number of aromatic nitrogens is 4. The van der Waals surface area contributed by atoms with E-state index in [0.29, 0.717) is 11.2 Å². The molecule has 2 aromatic heterocycles. The van der Waals surface area contributed by atoms with E-state index in [1.807, 2.05) is 39.1 Å². The van der Waals surface area contributed by atoms with Crippen molar-refractivity contribution in [2.24, 2.45) is 0 Å². The van der Waals surface area contributed by atoms with E-state index in [2.05, 4.69) is 58.8 Å². The second-order valence-electron chi connectivity index (χ2n) is 6.95. The van der Waals surface area contributed by atoms with E-state index in [1.165, 1.54) is 0 Å². The third-order valence-corrected chi connectivity index (χ3v) is 5.39. The average molecular weight is 398 g/mol. The van der Waals surface area contributed by atoms with Crippen LogP contribution in [-0.2, 0) is 0 Å². The number of H-pyrrole nitrogens is 1. The summed E-state index contributed by atoms with van der Waals surface area (Å²) in [6.07, 6.45) is 0. The van der Waals surface area contributed by atoms with Crippen LogP contribution in [0.1, 0.15) is 25.1 Å². The lowest BCUT2D eigenvalue weighted by Gasteiger charge is -2.25. The van der Waals surface area contributed by atoms with Gasteiger partial charge < -0.3 is 15.5 Å². The van der Waals surface area contributed by atoms with Crippen LogP contribution in [0.25, 0.3) is 0 Å². The zero-order valence-electron chi connectivity index (χ0n) is 17.2. The Balaban J connectivity index is 1.97. The van der Waals surface area contributed by atoms with Gasteiger partial charge in [0, 0.05) is 48.0 Å². The van der Waals surface area contributed by atoms with Crippen LogP contribution in [0.2, 0.25) is 0 Å². The van der Waals surface area contributed by atoms with Crippen LogP contribution in [-0.4, -0.2) is 40.3 Å². The number of aryl methyl sites for hydroxylation is 1. The fourth-order valence-electron chi connectivity index (χ4n) is 2.64. The van der Waals surface area contributed by atoms with E-state index in [0.717, 1.165) is 39.3 Å². The van der Waals surface area contributed by atoms with Gasteiger partial charge in [-0.1, -0.05) is 0 Å². The number of rotatable bonds is 7. The first-order valence-corrected chi connectivity index (χ1v) is 10.0. The highest BCUT2D eigenvalue weighted by Crippen LogP contribution is 2.32. The fourth-order valence-corrected chi connectivity index (χ4v) is 3.39. The zero-order chi connectivity index (χ0) is 20.3. The summed E-state index contributed by atoms with van der Waals surface area (Å²) in [4.78, 5) is 12.8. The molecule has 0 saturated heterocycles. The van der Waals surface area contributed by atoms with Gasteiger partial charge in [0.25, 0.3) is 0 Å². The van der Waals surface area contributed by atoms with E-state index in [4.69, 9.17) is 9.97 Å². The van der Waals surface area contributed by atoms with E-state index in [-0.39, 0.29) is 0 Å². The molecule has 2 heterocycles. The highest BCUT2D eigenvalue weighted by Gasteiger charge is 2.17. The SMILES string of the molecule is CNc1ccc(Sc2nc(Nc3cc(C)[nH]n3)c(C)c(N(C)C(C)C)n2)cc1. The topological polar surface area (TPSA) is 81.8 Å². The molecular weight excluding hydrogens is 370 g/mol. The molecule has 0 amide bonds. The number of hydrogen-bond acceptors (Lipinski definition) is 7. The minimum Gasteiger partial charge on any atom is -0.388 e. The molecule has 148 valence electrons. The normalized spacial score (nSPS) is 11.0. The molecule has 3 aromatic rings. The predicted molar refractivity (Wildman–Crippen MR) is 117 cm³/mol. The van der Waals surface area contributed by atoms with E-state index in [1.54, 1.807) is 11.8 Å². The van der Waals surface area contributed by atoms with Gasteiger partial charge in [0.2, 0.25) is 0 Å². The van der Waals surface area contributed by atoms with Gasteiger partial charge in [0.05, 0.1) is 0 Å². The van der Waals surface area contributed by atoms with Crippen molar-refractivity contribution in [2.75, 3.05) is 29.6 Å². The molecule has 1 aromatic carbocycles. The standard InChI is InChI=1S/C20H27N7S/c1-12(2)27(6)19-14(4)18(22-17-11-13(3)25-26-17)23-20(24-19)28-16-9-7-15(21-5)8-10-16/h7-12,21H,1-6H3,(H2,22,23,24,25,26). The van der Waals surface area contributed by atoms with Crippen molar-refractivity contribution >= 4 is 34.9 Å². The summed E-state index contributed by atoms with van der Waals surface area (Å²) in [6.45, 7) is 8.30. The number of anilines is 4. The third-order valence-electron chi connectivity index (χ3n) is 4.51. The Kier molecular flexibility index (Phi) is 6.08. The Labute approximate surface area is 170 Å². The minimum atomic E-state index is 0.321. The highest BCUT2D eigenvalue weighted by molar-refractivity contribution is 7.99. The summed E-state index contributed by atoms with van der Waals surface area (Å²) in [7, 11) is 3.96. The van der Waals surface area contributed by atoms with Crippen LogP contribution in [0.15, 0.2) is 40.4 Å². The van der Waals surface area contributed by atoms with E-state index in [9.17, 15) is 0 Å². The van der Waals surface area contributed by atoms with Crippen molar-refractivity contribution in [1.29, 1.82) is 0 Å². The molecule has 0 spiro atoms. The second kappa shape index (κ2) is 8.52. The maximum atomic E-state index is 4.83. The third kappa shape index (κ3) is 4.56. The summed E-state index contributed by atoms with van der Waals surface area (Å²) in [5.41, 5.74) is 3.06. The molecule has 0 bridgehead atoms. The Morgan fingerprint density at radius 3 is 2.39 bits per heavy atom. The average Bonchev–Trinajstić information content (AvgIpc) is 3.09. The number of nitrogens with zero attached hydrogens (tertiary/aromatic N) is 4. The molecule has 7 nitrogen and oxygen atoms in total. The quantitative estimate of drug-likeness (QED) is 0.503. The van der Waals surface area contributed by atoms with Gasteiger partial charge in [-0.2, -0.15) is 5.10 Å². The van der Waals surface area contributed by atoms with Gasteiger partial charge in [0.1, 0.15) is 11.6 Å². The van der Waals surface area contributed by atoms with Crippen LogP contribution in [0.3, 0.4) is 0 Å². The first kappa shape index (κ1) is 20.0. The van der Waals surface area contributed by atoms with Gasteiger partial charge in [-0.3, -0.25) is 5.10 Å². The molecule has 0 aliphatic carbocycles. The maximum Gasteiger partial charge on any atom is 0.196 e. The molecule has 0 saturated carbocycles. The lowest BCUT2D eigenvalue weighted by atomic mass is 10.2. The van der Waals surface area contributed by atoms with Crippen LogP contribution >= 0.6 is 11.8 Å². The Bertz CT molecular complexity index is 934. The molecule has 0 aliphatic heterocycles. The van der Waals surface area contributed by atoms with Gasteiger partial charge in [-0.15, -0.1) is 0 Å². The summed E-state index contributed by atoms with van der Waals surface area (Å²) >= 11 is 1.54. The first-order chi connectivity index (χ1) is 13.4. The molecule has 0 unspecified atom stereocenters.